The molecule has 0 spiro atoms. The third-order valence-corrected chi connectivity index (χ3v) is 3.66. The van der Waals surface area contributed by atoms with E-state index in [1.165, 1.54) is 16.5 Å². The van der Waals surface area contributed by atoms with Crippen molar-refractivity contribution in [2.45, 2.75) is 32.2 Å². The number of nitrogens with one attached hydrogen (secondary N) is 1. The van der Waals surface area contributed by atoms with Crippen LogP contribution in [0.3, 0.4) is 0 Å². The topological polar surface area (TPSA) is 43.0 Å². The lowest BCUT2D eigenvalue weighted by atomic mass is 9.84. The zero-order valence-corrected chi connectivity index (χ0v) is 12.4. The molecule has 1 unspecified atom stereocenters. The van der Waals surface area contributed by atoms with Crippen molar-refractivity contribution < 1.29 is 0 Å². The van der Waals surface area contributed by atoms with E-state index in [1.807, 2.05) is 6.92 Å². The van der Waals surface area contributed by atoms with E-state index >= 15 is 0 Å². The lowest BCUT2D eigenvalue weighted by Gasteiger charge is -2.25. The summed E-state index contributed by atoms with van der Waals surface area (Å²) in [5.41, 5.74) is 8.56. The molecule has 2 aromatic rings. The van der Waals surface area contributed by atoms with Crippen LogP contribution in [0.1, 0.15) is 26.3 Å². The molecule has 19 heavy (non-hydrogen) atoms. The van der Waals surface area contributed by atoms with Crippen molar-refractivity contribution >= 4 is 10.9 Å². The van der Waals surface area contributed by atoms with Crippen LogP contribution in [-0.2, 0) is 12.5 Å². The van der Waals surface area contributed by atoms with Gasteiger partial charge in [-0.2, -0.15) is 0 Å². The zero-order chi connectivity index (χ0) is 14.0. The van der Waals surface area contributed by atoms with Crippen molar-refractivity contribution in [3.05, 3.63) is 36.0 Å². The minimum absolute atomic E-state index is 0.0930. The summed E-state index contributed by atoms with van der Waals surface area (Å²) < 4.78 is 2.21. The summed E-state index contributed by atoms with van der Waals surface area (Å²) in [7, 11) is 2.11. The van der Waals surface area contributed by atoms with E-state index in [-0.39, 0.29) is 11.5 Å². The lowest BCUT2D eigenvalue weighted by Crippen LogP contribution is -2.38. The van der Waals surface area contributed by atoms with Gasteiger partial charge in [-0.15, -0.1) is 0 Å². The van der Waals surface area contributed by atoms with E-state index in [1.54, 1.807) is 0 Å². The zero-order valence-electron chi connectivity index (χ0n) is 12.4. The first kappa shape index (κ1) is 14.1. The van der Waals surface area contributed by atoms with Gasteiger partial charge in [-0.25, -0.2) is 0 Å². The van der Waals surface area contributed by atoms with Crippen LogP contribution < -0.4 is 11.1 Å². The maximum atomic E-state index is 5.79. The molecule has 1 heterocycles. The number of benzene rings is 1. The average Bonchev–Trinajstić information content (AvgIpc) is 2.68. The SMILES string of the molecule is CC(N)CNCC(C)(C)c1cn(C)c2ccccc12. The Kier molecular flexibility index (Phi) is 3.97. The minimum atomic E-state index is 0.0930. The molecule has 0 aliphatic carbocycles. The Bertz CT molecular complexity index is 552. The fourth-order valence-electron chi connectivity index (χ4n) is 2.59. The largest absolute Gasteiger partial charge is 0.350 e. The minimum Gasteiger partial charge on any atom is -0.350 e. The summed E-state index contributed by atoms with van der Waals surface area (Å²) in [5, 5.41) is 4.81. The molecule has 0 aliphatic rings. The molecule has 0 amide bonds. The summed E-state index contributed by atoms with van der Waals surface area (Å²) in [6.45, 7) is 8.38. The van der Waals surface area contributed by atoms with Gasteiger partial charge >= 0.3 is 0 Å². The fraction of sp³-hybridized carbons (Fsp3) is 0.500. The highest BCUT2D eigenvalue weighted by Crippen LogP contribution is 2.31. The molecule has 3 heteroatoms. The van der Waals surface area contributed by atoms with Crippen molar-refractivity contribution in [3.8, 4) is 0 Å². The predicted molar refractivity (Wildman–Crippen MR) is 82.5 cm³/mol. The second kappa shape index (κ2) is 5.35. The highest BCUT2D eigenvalue weighted by Gasteiger charge is 2.24. The van der Waals surface area contributed by atoms with Gasteiger partial charge in [-0.05, 0) is 18.6 Å². The normalized spacial score (nSPS) is 13.9. The summed E-state index contributed by atoms with van der Waals surface area (Å²) in [4.78, 5) is 0. The van der Waals surface area contributed by atoms with Crippen LogP contribution in [0.25, 0.3) is 10.9 Å². The van der Waals surface area contributed by atoms with Gasteiger partial charge in [0.05, 0.1) is 0 Å². The Morgan fingerprint density at radius 1 is 1.32 bits per heavy atom. The summed E-state index contributed by atoms with van der Waals surface area (Å²) in [6, 6.07) is 8.77. The molecule has 0 saturated carbocycles. The molecule has 3 N–H and O–H groups in total. The van der Waals surface area contributed by atoms with Gasteiger partial charge < -0.3 is 15.6 Å². The Balaban J connectivity index is 2.27. The number of nitrogens with zero attached hydrogens (tertiary/aromatic N) is 1. The number of nitrogens with two attached hydrogens (primary N) is 1. The maximum Gasteiger partial charge on any atom is 0.0480 e. The van der Waals surface area contributed by atoms with Crippen LogP contribution in [0.5, 0.6) is 0 Å². The highest BCUT2D eigenvalue weighted by atomic mass is 14.9. The van der Waals surface area contributed by atoms with Crippen LogP contribution >= 0.6 is 0 Å². The van der Waals surface area contributed by atoms with E-state index in [0.29, 0.717) is 0 Å². The first-order valence-electron chi connectivity index (χ1n) is 6.92. The Morgan fingerprint density at radius 3 is 2.68 bits per heavy atom. The molecular formula is C16H25N3. The van der Waals surface area contributed by atoms with Crippen LogP contribution in [0.15, 0.2) is 30.5 Å². The average molecular weight is 259 g/mol. The van der Waals surface area contributed by atoms with E-state index in [0.717, 1.165) is 13.1 Å². The molecule has 0 aliphatic heterocycles. The van der Waals surface area contributed by atoms with Crippen LogP contribution in [-0.4, -0.2) is 23.7 Å². The van der Waals surface area contributed by atoms with Gasteiger partial charge in [0.15, 0.2) is 0 Å². The number of rotatable bonds is 5. The number of aromatic nitrogens is 1. The van der Waals surface area contributed by atoms with Crippen molar-refractivity contribution in [3.63, 3.8) is 0 Å². The molecule has 1 aromatic heterocycles. The van der Waals surface area contributed by atoms with Gasteiger partial charge in [0, 0.05) is 48.7 Å². The van der Waals surface area contributed by atoms with Crippen LogP contribution in [0.2, 0.25) is 0 Å². The molecule has 1 aromatic carbocycles. The van der Waals surface area contributed by atoms with Gasteiger partial charge in [0.1, 0.15) is 0 Å². The predicted octanol–water partition coefficient (Wildman–Crippen LogP) is 2.39. The second-order valence-corrected chi connectivity index (χ2v) is 6.16. The van der Waals surface area contributed by atoms with Gasteiger partial charge in [-0.3, -0.25) is 0 Å². The van der Waals surface area contributed by atoms with Crippen molar-refractivity contribution in [2.24, 2.45) is 12.8 Å². The van der Waals surface area contributed by atoms with Crippen LogP contribution in [0.4, 0.5) is 0 Å². The smallest absolute Gasteiger partial charge is 0.0480 e. The molecule has 0 radical (unpaired) electrons. The highest BCUT2D eigenvalue weighted by molar-refractivity contribution is 5.85. The summed E-state index contributed by atoms with van der Waals surface area (Å²) >= 11 is 0. The summed E-state index contributed by atoms with van der Waals surface area (Å²) in [5.74, 6) is 0. The van der Waals surface area contributed by atoms with Crippen LogP contribution in [0, 0.1) is 0 Å². The molecule has 0 saturated heterocycles. The Labute approximate surface area is 115 Å². The third-order valence-electron chi connectivity index (χ3n) is 3.66. The first-order chi connectivity index (χ1) is 8.92. The number of hydrogen-bond acceptors (Lipinski definition) is 2. The van der Waals surface area contributed by atoms with Gasteiger partial charge in [-0.1, -0.05) is 32.0 Å². The van der Waals surface area contributed by atoms with E-state index in [4.69, 9.17) is 5.73 Å². The molecular weight excluding hydrogens is 234 g/mol. The fourth-order valence-corrected chi connectivity index (χ4v) is 2.59. The second-order valence-electron chi connectivity index (χ2n) is 6.16. The quantitative estimate of drug-likeness (QED) is 0.866. The Morgan fingerprint density at radius 2 is 2.00 bits per heavy atom. The molecule has 1 atom stereocenters. The van der Waals surface area contributed by atoms with Gasteiger partial charge in [0.2, 0.25) is 0 Å². The number of hydrogen-bond donors (Lipinski definition) is 2. The first-order valence-corrected chi connectivity index (χ1v) is 6.92. The standard InChI is InChI=1S/C16H25N3/c1-12(17)9-18-11-16(2,3)14-10-19(4)15-8-6-5-7-13(14)15/h5-8,10,12,18H,9,11,17H2,1-4H3. The van der Waals surface area contributed by atoms with E-state index in [9.17, 15) is 0 Å². The number of para-hydroxylation sites is 1. The molecule has 3 nitrogen and oxygen atoms in total. The lowest BCUT2D eigenvalue weighted by molar-refractivity contribution is 0.460. The van der Waals surface area contributed by atoms with E-state index in [2.05, 4.69) is 61.2 Å². The van der Waals surface area contributed by atoms with Crippen molar-refractivity contribution in [1.29, 1.82) is 0 Å². The van der Waals surface area contributed by atoms with E-state index < -0.39 is 0 Å². The molecule has 2 rings (SSSR count). The Hall–Kier alpha value is -1.32. The number of aryl methyl sites for hydroxylation is 1. The monoisotopic (exact) mass is 259 g/mol. The van der Waals surface area contributed by atoms with Crippen molar-refractivity contribution in [1.82, 2.24) is 9.88 Å². The number of fused-ring (bicyclic) bond motifs is 1. The molecule has 0 fully saturated rings. The van der Waals surface area contributed by atoms with Crippen molar-refractivity contribution in [2.75, 3.05) is 13.1 Å². The van der Waals surface area contributed by atoms with Gasteiger partial charge in [0.25, 0.3) is 0 Å². The summed E-state index contributed by atoms with van der Waals surface area (Å²) in [6.07, 6.45) is 2.25. The third kappa shape index (κ3) is 2.99. The molecule has 104 valence electrons. The maximum absolute atomic E-state index is 5.79. The molecule has 0 bridgehead atoms.